The summed E-state index contributed by atoms with van der Waals surface area (Å²) in [5.74, 6) is 0.857. The molecule has 0 atom stereocenters. The summed E-state index contributed by atoms with van der Waals surface area (Å²) >= 11 is 3.41. The van der Waals surface area contributed by atoms with Crippen LogP contribution in [0.3, 0.4) is 0 Å². The predicted molar refractivity (Wildman–Crippen MR) is 73.7 cm³/mol. The van der Waals surface area contributed by atoms with Crippen molar-refractivity contribution in [2.75, 3.05) is 11.9 Å². The van der Waals surface area contributed by atoms with Crippen LogP contribution in [0, 0.1) is 5.92 Å². The summed E-state index contributed by atoms with van der Waals surface area (Å²) in [6.45, 7) is 6.33. The molecule has 1 aromatic carbocycles. The fourth-order valence-corrected chi connectivity index (χ4v) is 1.78. The third-order valence-electron chi connectivity index (χ3n) is 2.30. The Morgan fingerprint density at radius 2 is 2.18 bits per heavy atom. The molecule has 0 saturated carbocycles. The van der Waals surface area contributed by atoms with E-state index in [1.807, 2.05) is 39.0 Å². The standard InChI is InChI=1S/C13H18BrNO2/c1-4-17-12-6-5-11(7-10(12)8-14)15-13(16)9(2)3/h5-7,9H,4,8H2,1-3H3,(H,15,16). The molecule has 17 heavy (non-hydrogen) atoms. The Hall–Kier alpha value is -1.03. The van der Waals surface area contributed by atoms with Gasteiger partial charge in [-0.25, -0.2) is 0 Å². The fourth-order valence-electron chi connectivity index (χ4n) is 1.34. The minimum absolute atomic E-state index is 0.0195. The molecule has 3 nitrogen and oxygen atoms in total. The Labute approximate surface area is 111 Å². The van der Waals surface area contributed by atoms with E-state index in [1.165, 1.54) is 0 Å². The lowest BCUT2D eigenvalue weighted by Crippen LogP contribution is -2.17. The molecule has 0 bridgehead atoms. The Bertz CT molecular complexity index is 391. The first kappa shape index (κ1) is 14.0. The van der Waals surface area contributed by atoms with Gasteiger partial charge in [0, 0.05) is 22.5 Å². The van der Waals surface area contributed by atoms with Gasteiger partial charge in [-0.15, -0.1) is 0 Å². The largest absolute Gasteiger partial charge is 0.494 e. The van der Waals surface area contributed by atoms with Crippen molar-refractivity contribution in [2.45, 2.75) is 26.1 Å². The second-order valence-corrected chi connectivity index (χ2v) is 4.59. The molecule has 94 valence electrons. The normalized spacial score (nSPS) is 10.4. The highest BCUT2D eigenvalue weighted by Crippen LogP contribution is 2.25. The second kappa shape index (κ2) is 6.64. The summed E-state index contributed by atoms with van der Waals surface area (Å²) in [5, 5.41) is 3.57. The third-order valence-corrected chi connectivity index (χ3v) is 2.90. The van der Waals surface area contributed by atoms with E-state index in [1.54, 1.807) is 0 Å². The molecule has 0 aromatic heterocycles. The zero-order valence-electron chi connectivity index (χ0n) is 10.4. The summed E-state index contributed by atoms with van der Waals surface area (Å²) < 4.78 is 5.49. The van der Waals surface area contributed by atoms with E-state index >= 15 is 0 Å². The van der Waals surface area contributed by atoms with Crippen molar-refractivity contribution in [3.8, 4) is 5.75 Å². The van der Waals surface area contributed by atoms with Gasteiger partial charge in [-0.2, -0.15) is 0 Å². The van der Waals surface area contributed by atoms with Crippen LogP contribution in [0.25, 0.3) is 0 Å². The monoisotopic (exact) mass is 299 g/mol. The molecule has 0 saturated heterocycles. The van der Waals surface area contributed by atoms with Gasteiger partial charge >= 0.3 is 0 Å². The molecule has 1 rings (SSSR count). The van der Waals surface area contributed by atoms with Crippen molar-refractivity contribution >= 4 is 27.5 Å². The minimum Gasteiger partial charge on any atom is -0.494 e. The van der Waals surface area contributed by atoms with Gasteiger partial charge in [0.25, 0.3) is 0 Å². The second-order valence-electron chi connectivity index (χ2n) is 4.03. The van der Waals surface area contributed by atoms with Crippen LogP contribution < -0.4 is 10.1 Å². The third kappa shape index (κ3) is 4.04. The Balaban J connectivity index is 2.85. The molecule has 0 aliphatic rings. The zero-order chi connectivity index (χ0) is 12.8. The molecule has 0 spiro atoms. The van der Waals surface area contributed by atoms with E-state index in [0.717, 1.165) is 17.0 Å². The Morgan fingerprint density at radius 1 is 1.47 bits per heavy atom. The van der Waals surface area contributed by atoms with Crippen molar-refractivity contribution in [1.29, 1.82) is 0 Å². The Morgan fingerprint density at radius 3 is 2.71 bits per heavy atom. The number of ether oxygens (including phenoxy) is 1. The minimum atomic E-state index is -0.0195. The van der Waals surface area contributed by atoms with Gasteiger partial charge in [0.1, 0.15) is 5.75 Å². The quantitative estimate of drug-likeness (QED) is 0.844. The lowest BCUT2D eigenvalue weighted by molar-refractivity contribution is -0.118. The number of carbonyl (C=O) groups is 1. The van der Waals surface area contributed by atoms with Crippen LogP contribution in [0.1, 0.15) is 26.3 Å². The van der Waals surface area contributed by atoms with Gasteiger partial charge in [0.2, 0.25) is 5.91 Å². The van der Waals surface area contributed by atoms with E-state index in [4.69, 9.17) is 4.74 Å². The summed E-state index contributed by atoms with van der Waals surface area (Å²) in [5.41, 5.74) is 1.84. The first-order valence-corrected chi connectivity index (χ1v) is 6.83. The average molecular weight is 300 g/mol. The molecule has 4 heteroatoms. The highest BCUT2D eigenvalue weighted by atomic mass is 79.9. The first-order valence-electron chi connectivity index (χ1n) is 5.71. The van der Waals surface area contributed by atoms with Crippen LogP contribution in [0.2, 0.25) is 0 Å². The SMILES string of the molecule is CCOc1ccc(NC(=O)C(C)C)cc1CBr. The van der Waals surface area contributed by atoms with E-state index in [-0.39, 0.29) is 11.8 Å². The number of hydrogen-bond acceptors (Lipinski definition) is 2. The number of benzene rings is 1. The molecule has 0 unspecified atom stereocenters. The smallest absolute Gasteiger partial charge is 0.226 e. The van der Waals surface area contributed by atoms with Gasteiger partial charge in [-0.1, -0.05) is 29.8 Å². The lowest BCUT2D eigenvalue weighted by atomic mass is 10.1. The number of anilines is 1. The van der Waals surface area contributed by atoms with Crippen molar-refractivity contribution in [1.82, 2.24) is 0 Å². The number of carbonyl (C=O) groups excluding carboxylic acids is 1. The average Bonchev–Trinajstić information content (AvgIpc) is 2.31. The number of hydrogen-bond donors (Lipinski definition) is 1. The fraction of sp³-hybridized carbons (Fsp3) is 0.462. The number of rotatable bonds is 5. The molecule has 0 aliphatic carbocycles. The lowest BCUT2D eigenvalue weighted by Gasteiger charge is -2.12. The van der Waals surface area contributed by atoms with Crippen molar-refractivity contribution in [3.05, 3.63) is 23.8 Å². The van der Waals surface area contributed by atoms with Crippen LogP contribution >= 0.6 is 15.9 Å². The maximum absolute atomic E-state index is 11.6. The Kier molecular flexibility index (Phi) is 5.48. The maximum Gasteiger partial charge on any atom is 0.226 e. The topological polar surface area (TPSA) is 38.3 Å². The van der Waals surface area contributed by atoms with Crippen molar-refractivity contribution in [2.24, 2.45) is 5.92 Å². The van der Waals surface area contributed by atoms with Gasteiger partial charge < -0.3 is 10.1 Å². The molecular weight excluding hydrogens is 282 g/mol. The van der Waals surface area contributed by atoms with Crippen LogP contribution in [0.5, 0.6) is 5.75 Å². The summed E-state index contributed by atoms with van der Waals surface area (Å²) in [6, 6.07) is 5.67. The summed E-state index contributed by atoms with van der Waals surface area (Å²) in [6.07, 6.45) is 0. The van der Waals surface area contributed by atoms with Crippen LogP contribution in [-0.2, 0) is 10.1 Å². The van der Waals surface area contributed by atoms with Gasteiger partial charge in [-0.05, 0) is 25.1 Å². The highest BCUT2D eigenvalue weighted by Gasteiger charge is 2.09. The molecular formula is C13H18BrNO2. The van der Waals surface area contributed by atoms with Crippen LogP contribution in [0.4, 0.5) is 5.69 Å². The molecule has 0 radical (unpaired) electrons. The van der Waals surface area contributed by atoms with Crippen molar-refractivity contribution in [3.63, 3.8) is 0 Å². The van der Waals surface area contributed by atoms with Gasteiger partial charge in [0.05, 0.1) is 6.61 Å². The molecule has 1 aromatic rings. The summed E-state index contributed by atoms with van der Waals surface area (Å²) in [4.78, 5) is 11.6. The van der Waals surface area contributed by atoms with Crippen LogP contribution in [-0.4, -0.2) is 12.5 Å². The number of alkyl halides is 1. The molecule has 1 N–H and O–H groups in total. The molecule has 0 heterocycles. The van der Waals surface area contributed by atoms with E-state index in [0.29, 0.717) is 11.9 Å². The molecule has 0 fully saturated rings. The van der Waals surface area contributed by atoms with Gasteiger partial charge in [0.15, 0.2) is 0 Å². The maximum atomic E-state index is 11.6. The van der Waals surface area contributed by atoms with E-state index in [2.05, 4.69) is 21.2 Å². The van der Waals surface area contributed by atoms with Gasteiger partial charge in [-0.3, -0.25) is 4.79 Å². The predicted octanol–water partition coefficient (Wildman–Crippen LogP) is 3.57. The zero-order valence-corrected chi connectivity index (χ0v) is 12.0. The number of nitrogens with one attached hydrogen (secondary N) is 1. The highest BCUT2D eigenvalue weighted by molar-refractivity contribution is 9.08. The summed E-state index contributed by atoms with van der Waals surface area (Å²) in [7, 11) is 0. The first-order chi connectivity index (χ1) is 8.08. The molecule has 1 amide bonds. The number of amides is 1. The molecule has 0 aliphatic heterocycles. The van der Waals surface area contributed by atoms with Crippen LogP contribution in [0.15, 0.2) is 18.2 Å². The van der Waals surface area contributed by atoms with E-state index < -0.39 is 0 Å². The number of halogens is 1. The van der Waals surface area contributed by atoms with Crippen molar-refractivity contribution < 1.29 is 9.53 Å². The van der Waals surface area contributed by atoms with E-state index in [9.17, 15) is 4.79 Å².